The number of hydrogen-bond acceptors (Lipinski definition) is 4. The molecule has 0 bridgehead atoms. The van der Waals surface area contributed by atoms with E-state index in [4.69, 9.17) is 4.52 Å². The first-order valence-electron chi connectivity index (χ1n) is 7.65. The fourth-order valence-corrected chi connectivity index (χ4v) is 2.48. The maximum absolute atomic E-state index is 13.2. The fraction of sp³-hybridized carbons (Fsp3) is 0.167. The highest BCUT2D eigenvalue weighted by Crippen LogP contribution is 2.23. The Balaban J connectivity index is 1.71. The standard InChI is InChI=1S/C18H15F2N3O2/c1-11-16(17(23-25-11)15-4-2-3-6-21-15)18(24)22-7-5-12-8-13(19)10-14(20)9-12/h2-4,6,8-10H,5,7H2,1H3,(H,22,24). The molecular weight excluding hydrogens is 328 g/mol. The molecule has 3 aromatic rings. The minimum absolute atomic E-state index is 0.216. The van der Waals surface area contributed by atoms with Crippen molar-refractivity contribution in [3.05, 3.63) is 71.1 Å². The molecule has 1 amide bonds. The van der Waals surface area contributed by atoms with E-state index in [9.17, 15) is 13.6 Å². The van der Waals surface area contributed by atoms with Crippen molar-refractivity contribution in [2.75, 3.05) is 6.54 Å². The van der Waals surface area contributed by atoms with Gasteiger partial charge in [0.15, 0.2) is 0 Å². The minimum atomic E-state index is -0.645. The van der Waals surface area contributed by atoms with Gasteiger partial charge in [0.1, 0.15) is 28.7 Å². The van der Waals surface area contributed by atoms with Crippen molar-refractivity contribution in [1.29, 1.82) is 0 Å². The zero-order valence-electron chi connectivity index (χ0n) is 13.4. The van der Waals surface area contributed by atoms with Crippen LogP contribution in [-0.2, 0) is 6.42 Å². The molecule has 0 aliphatic rings. The van der Waals surface area contributed by atoms with Gasteiger partial charge in [-0.15, -0.1) is 0 Å². The van der Waals surface area contributed by atoms with Crippen LogP contribution in [0.25, 0.3) is 11.4 Å². The van der Waals surface area contributed by atoms with E-state index in [0.29, 0.717) is 34.7 Å². The number of amides is 1. The van der Waals surface area contributed by atoms with Crippen molar-refractivity contribution in [2.45, 2.75) is 13.3 Å². The number of halogens is 2. The molecule has 1 N–H and O–H groups in total. The van der Waals surface area contributed by atoms with Crippen molar-refractivity contribution in [2.24, 2.45) is 0 Å². The normalized spacial score (nSPS) is 10.7. The van der Waals surface area contributed by atoms with Gasteiger partial charge in [0.25, 0.3) is 5.91 Å². The van der Waals surface area contributed by atoms with Gasteiger partial charge in [0.2, 0.25) is 0 Å². The number of carbonyl (C=O) groups excluding carboxylic acids is 1. The molecule has 2 heterocycles. The average Bonchev–Trinajstić information content (AvgIpc) is 2.96. The molecule has 2 aromatic heterocycles. The fourth-order valence-electron chi connectivity index (χ4n) is 2.48. The second-order valence-electron chi connectivity index (χ2n) is 5.46. The van der Waals surface area contributed by atoms with E-state index >= 15 is 0 Å². The van der Waals surface area contributed by atoms with Gasteiger partial charge in [-0.05, 0) is 43.2 Å². The van der Waals surface area contributed by atoms with Crippen molar-refractivity contribution in [1.82, 2.24) is 15.5 Å². The average molecular weight is 343 g/mol. The molecule has 1 aromatic carbocycles. The van der Waals surface area contributed by atoms with E-state index in [-0.39, 0.29) is 12.5 Å². The molecule has 0 unspecified atom stereocenters. The zero-order chi connectivity index (χ0) is 17.8. The summed E-state index contributed by atoms with van der Waals surface area (Å²) < 4.78 is 31.5. The number of carbonyl (C=O) groups is 1. The van der Waals surface area contributed by atoms with Gasteiger partial charge in [-0.25, -0.2) is 8.78 Å². The summed E-state index contributed by atoms with van der Waals surface area (Å²) in [6, 6.07) is 8.55. The lowest BCUT2D eigenvalue weighted by molar-refractivity contribution is 0.0953. The van der Waals surface area contributed by atoms with Gasteiger partial charge in [0.05, 0.1) is 5.69 Å². The summed E-state index contributed by atoms with van der Waals surface area (Å²) in [7, 11) is 0. The molecule has 25 heavy (non-hydrogen) atoms. The Kier molecular flexibility index (Phi) is 4.83. The Bertz CT molecular complexity index is 874. The van der Waals surface area contributed by atoms with Crippen LogP contribution in [0.4, 0.5) is 8.78 Å². The number of aromatic nitrogens is 2. The summed E-state index contributed by atoms with van der Waals surface area (Å²) in [4.78, 5) is 16.6. The molecule has 0 spiro atoms. The summed E-state index contributed by atoms with van der Waals surface area (Å²) in [6.07, 6.45) is 1.89. The van der Waals surface area contributed by atoms with Gasteiger partial charge >= 0.3 is 0 Å². The highest BCUT2D eigenvalue weighted by atomic mass is 19.1. The molecule has 128 valence electrons. The minimum Gasteiger partial charge on any atom is -0.360 e. The van der Waals surface area contributed by atoms with E-state index in [1.807, 2.05) is 0 Å². The van der Waals surface area contributed by atoms with E-state index < -0.39 is 11.6 Å². The summed E-state index contributed by atoms with van der Waals surface area (Å²) >= 11 is 0. The summed E-state index contributed by atoms with van der Waals surface area (Å²) in [5.41, 5.74) is 1.64. The molecule has 0 atom stereocenters. The monoisotopic (exact) mass is 343 g/mol. The largest absolute Gasteiger partial charge is 0.360 e. The predicted molar refractivity (Wildman–Crippen MR) is 86.9 cm³/mol. The molecule has 3 rings (SSSR count). The van der Waals surface area contributed by atoms with Gasteiger partial charge in [-0.2, -0.15) is 0 Å². The Morgan fingerprint density at radius 2 is 1.96 bits per heavy atom. The molecule has 7 heteroatoms. The Morgan fingerprint density at radius 1 is 1.20 bits per heavy atom. The first-order chi connectivity index (χ1) is 12.0. The lowest BCUT2D eigenvalue weighted by Gasteiger charge is -2.06. The van der Waals surface area contributed by atoms with E-state index in [2.05, 4.69) is 15.5 Å². The van der Waals surface area contributed by atoms with Crippen LogP contribution in [0.3, 0.4) is 0 Å². The van der Waals surface area contributed by atoms with Gasteiger partial charge in [-0.1, -0.05) is 11.2 Å². The molecule has 0 aliphatic carbocycles. The molecule has 5 nitrogen and oxygen atoms in total. The number of aryl methyl sites for hydroxylation is 1. The topological polar surface area (TPSA) is 68.0 Å². The van der Waals surface area contributed by atoms with Crippen LogP contribution in [0.2, 0.25) is 0 Å². The third kappa shape index (κ3) is 3.88. The Labute approximate surface area is 142 Å². The van der Waals surface area contributed by atoms with Gasteiger partial charge in [-0.3, -0.25) is 9.78 Å². The third-order valence-electron chi connectivity index (χ3n) is 3.62. The Hall–Kier alpha value is -3.09. The molecule has 0 saturated heterocycles. The van der Waals surface area contributed by atoms with Crippen molar-refractivity contribution in [3.63, 3.8) is 0 Å². The molecular formula is C18H15F2N3O2. The molecule has 0 radical (unpaired) electrons. The first-order valence-corrected chi connectivity index (χ1v) is 7.65. The summed E-state index contributed by atoms with van der Waals surface area (Å²) in [5, 5.41) is 6.61. The van der Waals surface area contributed by atoms with Crippen molar-refractivity contribution < 1.29 is 18.1 Å². The highest BCUT2D eigenvalue weighted by Gasteiger charge is 2.21. The van der Waals surface area contributed by atoms with Crippen molar-refractivity contribution >= 4 is 5.91 Å². The SMILES string of the molecule is Cc1onc(-c2ccccn2)c1C(=O)NCCc1cc(F)cc(F)c1. The quantitative estimate of drug-likeness (QED) is 0.772. The van der Waals surface area contributed by atoms with Crippen LogP contribution >= 0.6 is 0 Å². The maximum Gasteiger partial charge on any atom is 0.257 e. The number of pyridine rings is 1. The molecule has 0 saturated carbocycles. The van der Waals surface area contributed by atoms with Crippen LogP contribution < -0.4 is 5.32 Å². The maximum atomic E-state index is 13.2. The number of rotatable bonds is 5. The number of nitrogens with zero attached hydrogens (tertiary/aromatic N) is 2. The molecule has 0 aliphatic heterocycles. The number of benzene rings is 1. The van der Waals surface area contributed by atoms with Crippen LogP contribution in [-0.4, -0.2) is 22.6 Å². The van der Waals surface area contributed by atoms with E-state index in [1.54, 1.807) is 31.3 Å². The zero-order valence-corrected chi connectivity index (χ0v) is 13.4. The smallest absolute Gasteiger partial charge is 0.257 e. The van der Waals surface area contributed by atoms with Crippen LogP contribution in [0.5, 0.6) is 0 Å². The lowest BCUT2D eigenvalue weighted by Crippen LogP contribution is -2.26. The van der Waals surface area contributed by atoms with E-state index in [1.165, 1.54) is 12.1 Å². The second kappa shape index (κ2) is 7.21. The van der Waals surface area contributed by atoms with Crippen molar-refractivity contribution in [3.8, 4) is 11.4 Å². The molecule has 0 fully saturated rings. The Morgan fingerprint density at radius 3 is 2.64 bits per heavy atom. The summed E-state index contributed by atoms with van der Waals surface area (Å²) in [6.45, 7) is 1.85. The van der Waals surface area contributed by atoms with Gasteiger partial charge < -0.3 is 9.84 Å². The predicted octanol–water partition coefficient (Wildman–Crippen LogP) is 3.30. The lowest BCUT2D eigenvalue weighted by atomic mass is 10.1. The van der Waals surface area contributed by atoms with Crippen LogP contribution in [0, 0.1) is 18.6 Å². The third-order valence-corrected chi connectivity index (χ3v) is 3.62. The highest BCUT2D eigenvalue weighted by molar-refractivity contribution is 6.00. The van der Waals surface area contributed by atoms with E-state index in [0.717, 1.165) is 6.07 Å². The number of nitrogens with one attached hydrogen (secondary N) is 1. The van der Waals surface area contributed by atoms with Crippen LogP contribution in [0.1, 0.15) is 21.7 Å². The van der Waals surface area contributed by atoms with Gasteiger partial charge in [0, 0.05) is 18.8 Å². The summed E-state index contributed by atoms with van der Waals surface area (Å²) in [5.74, 6) is -1.30. The first kappa shape index (κ1) is 16.8. The second-order valence-corrected chi connectivity index (χ2v) is 5.46. The van der Waals surface area contributed by atoms with Crippen LogP contribution in [0.15, 0.2) is 47.1 Å². The number of hydrogen-bond donors (Lipinski definition) is 1.